The Morgan fingerprint density at radius 2 is 0.395 bits per heavy atom. The number of hydrogen-bond acceptors (Lipinski definition) is 0. The fraction of sp³-hybridized carbons (Fsp3) is 0. The van der Waals surface area contributed by atoms with Crippen LogP contribution in [0, 0.1) is 0 Å². The summed E-state index contributed by atoms with van der Waals surface area (Å²) in [5.41, 5.74) is 7.42. The van der Waals surface area contributed by atoms with Gasteiger partial charge in [0.05, 0.1) is 0 Å². The molecule has 0 atom stereocenters. The summed E-state index contributed by atoms with van der Waals surface area (Å²) >= 11 is 0. The third-order valence-electron chi connectivity index (χ3n) is 8.48. The third kappa shape index (κ3) is 5.23. The van der Waals surface area contributed by atoms with Gasteiger partial charge in [0.15, 0.2) is 0 Å². The first-order valence-electron chi connectivity index (χ1n) is 14.9. The van der Waals surface area contributed by atoms with Crippen molar-refractivity contribution in [3.8, 4) is 33.4 Å². The Morgan fingerprint density at radius 1 is 0.186 bits per heavy atom. The van der Waals surface area contributed by atoms with Crippen molar-refractivity contribution < 1.29 is 0 Å². The summed E-state index contributed by atoms with van der Waals surface area (Å²) in [5.74, 6) is 0. The molecule has 0 aliphatic rings. The van der Waals surface area contributed by atoms with Gasteiger partial charge in [-0.1, -0.05) is 0 Å². The summed E-state index contributed by atoms with van der Waals surface area (Å²) in [6, 6.07) is 71.1. The summed E-state index contributed by atoms with van der Waals surface area (Å²) in [6.07, 6.45) is 0. The molecule has 0 aliphatic heterocycles. The molecule has 0 bridgehead atoms. The van der Waals surface area contributed by atoms with Crippen molar-refractivity contribution in [2.24, 2.45) is 0 Å². The Morgan fingerprint density at radius 3 is 0.674 bits per heavy atom. The van der Waals surface area contributed by atoms with E-state index in [2.05, 4.69) is 194 Å². The standard InChI is InChI=1S/C42H33P/c1-5-13-33(14-6-1)36-21-27-40(28-22-36)43(39-19-11-4-12-20-39,41-29-23-37(24-30-41)34-15-7-2-8-16-34)42-31-25-38(26-32-42)35-17-9-3-10-18-35/h1-32,43H. The molecule has 206 valence electrons. The van der Waals surface area contributed by atoms with Gasteiger partial charge in [0.25, 0.3) is 0 Å². The molecule has 0 aliphatic carbocycles. The van der Waals surface area contributed by atoms with Crippen molar-refractivity contribution in [3.05, 3.63) is 194 Å². The van der Waals surface area contributed by atoms with E-state index in [0.29, 0.717) is 0 Å². The molecular formula is C42H33P. The SMILES string of the molecule is c1ccc(-c2ccc([PH](c3ccccc3)(c3ccc(-c4ccccc4)cc3)c3ccc(-c4ccccc4)cc3)cc2)cc1. The van der Waals surface area contributed by atoms with E-state index in [9.17, 15) is 0 Å². The number of hydrogen-bond donors (Lipinski definition) is 0. The van der Waals surface area contributed by atoms with Crippen LogP contribution < -0.4 is 21.2 Å². The van der Waals surface area contributed by atoms with Gasteiger partial charge in [-0.25, -0.2) is 0 Å². The molecule has 0 saturated carbocycles. The molecule has 0 nitrogen and oxygen atoms in total. The molecular weight excluding hydrogens is 535 g/mol. The third-order valence-corrected chi connectivity index (χ3v) is 13.3. The monoisotopic (exact) mass is 568 g/mol. The first-order valence-corrected chi connectivity index (χ1v) is 16.9. The molecule has 0 spiro atoms. The first-order chi connectivity index (χ1) is 21.3. The summed E-state index contributed by atoms with van der Waals surface area (Å²) in [6.45, 7) is 0. The van der Waals surface area contributed by atoms with Crippen LogP contribution in [0.25, 0.3) is 33.4 Å². The Balaban J connectivity index is 1.44. The van der Waals surface area contributed by atoms with Gasteiger partial charge in [-0.05, 0) is 0 Å². The van der Waals surface area contributed by atoms with Gasteiger partial charge in [-0.15, -0.1) is 0 Å². The molecule has 0 aromatic heterocycles. The van der Waals surface area contributed by atoms with E-state index in [1.54, 1.807) is 0 Å². The predicted octanol–water partition coefficient (Wildman–Crippen LogP) is 9.04. The molecule has 0 unspecified atom stereocenters. The normalized spacial score (nSPS) is 11.6. The van der Waals surface area contributed by atoms with Gasteiger partial charge in [0.1, 0.15) is 0 Å². The molecule has 0 amide bonds. The van der Waals surface area contributed by atoms with Crippen molar-refractivity contribution in [2.75, 3.05) is 0 Å². The maximum atomic E-state index is 2.37. The van der Waals surface area contributed by atoms with E-state index in [4.69, 9.17) is 0 Å². The second-order valence-electron chi connectivity index (χ2n) is 10.9. The van der Waals surface area contributed by atoms with Crippen LogP contribution in [-0.4, -0.2) is 0 Å². The van der Waals surface area contributed by atoms with E-state index in [-0.39, 0.29) is 0 Å². The van der Waals surface area contributed by atoms with E-state index < -0.39 is 7.26 Å². The van der Waals surface area contributed by atoms with Gasteiger partial charge in [-0.2, -0.15) is 0 Å². The van der Waals surface area contributed by atoms with Crippen LogP contribution in [-0.2, 0) is 0 Å². The molecule has 7 aromatic rings. The van der Waals surface area contributed by atoms with Crippen molar-refractivity contribution in [1.29, 1.82) is 0 Å². The van der Waals surface area contributed by atoms with Crippen LogP contribution in [0.15, 0.2) is 194 Å². The average Bonchev–Trinajstić information content (AvgIpc) is 3.11. The van der Waals surface area contributed by atoms with Crippen LogP contribution in [0.3, 0.4) is 0 Å². The average molecular weight is 569 g/mol. The van der Waals surface area contributed by atoms with Gasteiger partial charge in [-0.3, -0.25) is 0 Å². The van der Waals surface area contributed by atoms with Gasteiger partial charge in [0, 0.05) is 0 Å². The van der Waals surface area contributed by atoms with Gasteiger partial charge >= 0.3 is 256 Å². The van der Waals surface area contributed by atoms with Crippen molar-refractivity contribution in [3.63, 3.8) is 0 Å². The van der Waals surface area contributed by atoms with Crippen LogP contribution in [0.2, 0.25) is 0 Å². The fourth-order valence-electron chi connectivity index (χ4n) is 6.32. The van der Waals surface area contributed by atoms with E-state index >= 15 is 0 Å². The molecule has 7 rings (SSSR count). The van der Waals surface area contributed by atoms with Gasteiger partial charge in [0.2, 0.25) is 0 Å². The molecule has 43 heavy (non-hydrogen) atoms. The fourth-order valence-corrected chi connectivity index (χ4v) is 11.0. The summed E-state index contributed by atoms with van der Waals surface area (Å²) in [4.78, 5) is 0. The number of rotatable bonds is 7. The van der Waals surface area contributed by atoms with Crippen molar-refractivity contribution in [2.45, 2.75) is 0 Å². The number of benzene rings is 7. The Labute approximate surface area is 255 Å². The zero-order chi connectivity index (χ0) is 28.9. The molecule has 0 N–H and O–H groups in total. The zero-order valence-electron chi connectivity index (χ0n) is 24.0. The quantitative estimate of drug-likeness (QED) is 0.168. The van der Waals surface area contributed by atoms with Crippen molar-refractivity contribution >= 4 is 28.5 Å². The topological polar surface area (TPSA) is 0 Å². The van der Waals surface area contributed by atoms with E-state index in [1.165, 1.54) is 54.6 Å². The summed E-state index contributed by atoms with van der Waals surface area (Å²) in [5, 5.41) is 5.50. The molecule has 0 radical (unpaired) electrons. The molecule has 0 saturated heterocycles. The van der Waals surface area contributed by atoms with Crippen LogP contribution in [0.4, 0.5) is 0 Å². The summed E-state index contributed by atoms with van der Waals surface area (Å²) < 4.78 is 0. The first kappa shape index (κ1) is 26.8. The summed E-state index contributed by atoms with van der Waals surface area (Å²) in [7, 11) is -2.67. The molecule has 1 heteroatoms. The Bertz CT molecular complexity index is 1690. The van der Waals surface area contributed by atoms with Crippen LogP contribution in [0.5, 0.6) is 0 Å². The van der Waals surface area contributed by atoms with Crippen molar-refractivity contribution in [1.82, 2.24) is 0 Å². The predicted molar refractivity (Wildman–Crippen MR) is 189 cm³/mol. The second-order valence-corrected chi connectivity index (χ2v) is 14.8. The minimum atomic E-state index is -2.67. The van der Waals surface area contributed by atoms with Crippen LogP contribution >= 0.6 is 7.26 Å². The molecule has 7 aromatic carbocycles. The zero-order valence-corrected chi connectivity index (χ0v) is 25.0. The Kier molecular flexibility index (Phi) is 7.53. The second kappa shape index (κ2) is 12.1. The minimum absolute atomic E-state index is 1.24. The molecule has 0 fully saturated rings. The maximum absolute atomic E-state index is 2.67. The Hall–Kier alpha value is -5.03. The van der Waals surface area contributed by atoms with Crippen LogP contribution in [0.1, 0.15) is 0 Å². The van der Waals surface area contributed by atoms with Gasteiger partial charge < -0.3 is 0 Å². The van der Waals surface area contributed by atoms with E-state index in [0.717, 1.165) is 0 Å². The van der Waals surface area contributed by atoms with E-state index in [1.807, 2.05) is 0 Å². The molecule has 0 heterocycles.